The van der Waals surface area contributed by atoms with Crippen LogP contribution >= 0.6 is 0 Å². The van der Waals surface area contributed by atoms with Crippen molar-refractivity contribution in [1.29, 1.82) is 0 Å². The van der Waals surface area contributed by atoms with Crippen molar-refractivity contribution in [3.63, 3.8) is 0 Å². The molecule has 31 heavy (non-hydrogen) atoms. The summed E-state index contributed by atoms with van der Waals surface area (Å²) in [5, 5.41) is 6.15. The Morgan fingerprint density at radius 1 is 1.06 bits per heavy atom. The molecule has 1 unspecified atom stereocenters. The highest BCUT2D eigenvalue weighted by Crippen LogP contribution is 2.25. The zero-order valence-electron chi connectivity index (χ0n) is 21.5. The van der Waals surface area contributed by atoms with Gasteiger partial charge in [-0.2, -0.15) is 0 Å². The molecule has 2 amide bonds. The molecule has 7 heteroatoms. The van der Waals surface area contributed by atoms with E-state index in [1.165, 1.54) is 0 Å². The quantitative estimate of drug-likeness (QED) is 0.381. The second-order valence-electron chi connectivity index (χ2n) is 9.57. The summed E-state index contributed by atoms with van der Waals surface area (Å²) in [6.45, 7) is 17.5. The van der Waals surface area contributed by atoms with E-state index in [4.69, 9.17) is 4.74 Å². The Morgan fingerprint density at radius 3 is 1.94 bits per heavy atom. The number of nitrogens with zero attached hydrogens (tertiary/aromatic N) is 1. The van der Waals surface area contributed by atoms with Crippen LogP contribution in [-0.2, 0) is 19.1 Å². The Morgan fingerprint density at radius 2 is 1.58 bits per heavy atom. The minimum absolute atomic E-state index is 0.0670. The summed E-state index contributed by atoms with van der Waals surface area (Å²) in [7, 11) is 3.49. The van der Waals surface area contributed by atoms with Crippen molar-refractivity contribution in [3.05, 3.63) is 11.6 Å². The van der Waals surface area contributed by atoms with Gasteiger partial charge >= 0.3 is 5.97 Å². The van der Waals surface area contributed by atoms with Gasteiger partial charge in [-0.3, -0.25) is 9.59 Å². The van der Waals surface area contributed by atoms with Crippen molar-refractivity contribution in [2.24, 2.45) is 11.3 Å². The van der Waals surface area contributed by atoms with Crippen LogP contribution in [0.15, 0.2) is 11.6 Å². The average Bonchev–Trinajstić information content (AvgIpc) is 2.69. The maximum atomic E-state index is 13.6. The molecule has 0 aliphatic rings. The molecule has 180 valence electrons. The minimum atomic E-state index is -0.722. The van der Waals surface area contributed by atoms with Crippen LogP contribution in [0.5, 0.6) is 0 Å². The van der Waals surface area contributed by atoms with Crippen LogP contribution in [0.3, 0.4) is 0 Å². The lowest BCUT2D eigenvalue weighted by molar-refractivity contribution is -0.142. The lowest BCUT2D eigenvalue weighted by atomic mass is 9.83. The Kier molecular flexibility index (Phi) is 11.5. The van der Waals surface area contributed by atoms with E-state index in [1.807, 2.05) is 48.5 Å². The number of carbonyl (C=O) groups excluding carboxylic acids is 3. The zero-order valence-corrected chi connectivity index (χ0v) is 21.5. The standard InChI is InChI=1S/C24H45N3O4/c1-12-24(13-2,25-10)22(30)26-19(23(7,8)9)20(28)27(11)18(16(4)5)15-17(6)21(29)31-14-3/h15-16,18-19,25H,12-14H2,1-11H3,(H,26,30)/b17-15+/t18-,19?/m1/s1. The first-order valence-corrected chi connectivity index (χ1v) is 11.3. The lowest BCUT2D eigenvalue weighted by Gasteiger charge is -2.39. The summed E-state index contributed by atoms with van der Waals surface area (Å²) in [6, 6.07) is -1.03. The van der Waals surface area contributed by atoms with Crippen molar-refractivity contribution >= 4 is 17.8 Å². The Hall–Kier alpha value is -1.89. The lowest BCUT2D eigenvalue weighted by Crippen LogP contribution is -2.62. The van der Waals surface area contributed by atoms with Crippen LogP contribution in [0.4, 0.5) is 0 Å². The fourth-order valence-electron chi connectivity index (χ4n) is 3.63. The molecule has 0 rings (SSSR count). The van der Waals surface area contributed by atoms with Gasteiger partial charge in [0.1, 0.15) is 6.04 Å². The Bertz CT molecular complexity index is 637. The Labute approximate surface area is 189 Å². The van der Waals surface area contributed by atoms with Gasteiger partial charge in [-0.15, -0.1) is 0 Å². The molecule has 0 aromatic heterocycles. The summed E-state index contributed by atoms with van der Waals surface area (Å²) >= 11 is 0. The molecule has 0 aromatic carbocycles. The number of hydrogen-bond donors (Lipinski definition) is 2. The highest BCUT2D eigenvalue weighted by atomic mass is 16.5. The van der Waals surface area contributed by atoms with Gasteiger partial charge in [-0.25, -0.2) is 4.79 Å². The number of esters is 1. The van der Waals surface area contributed by atoms with Crippen molar-refractivity contribution in [2.45, 2.75) is 92.8 Å². The molecule has 0 spiro atoms. The molecule has 2 N–H and O–H groups in total. The number of nitrogens with one attached hydrogen (secondary N) is 2. The third-order valence-corrected chi connectivity index (χ3v) is 6.00. The predicted molar refractivity (Wildman–Crippen MR) is 126 cm³/mol. The van der Waals surface area contributed by atoms with Gasteiger partial charge in [0.05, 0.1) is 18.2 Å². The monoisotopic (exact) mass is 439 g/mol. The third kappa shape index (κ3) is 7.63. The van der Waals surface area contributed by atoms with E-state index in [0.717, 1.165) is 0 Å². The van der Waals surface area contributed by atoms with E-state index < -0.39 is 17.0 Å². The first-order valence-electron chi connectivity index (χ1n) is 11.3. The maximum absolute atomic E-state index is 13.6. The molecule has 0 saturated heterocycles. The maximum Gasteiger partial charge on any atom is 0.333 e. The highest BCUT2D eigenvalue weighted by Gasteiger charge is 2.41. The molecule has 2 atom stereocenters. The van der Waals surface area contributed by atoms with E-state index >= 15 is 0 Å². The molecular weight excluding hydrogens is 394 g/mol. The van der Waals surface area contributed by atoms with Gasteiger partial charge in [-0.05, 0) is 45.1 Å². The van der Waals surface area contributed by atoms with Gasteiger partial charge in [0.2, 0.25) is 11.8 Å². The summed E-state index contributed by atoms with van der Waals surface area (Å²) in [4.78, 5) is 40.5. The summed E-state index contributed by atoms with van der Waals surface area (Å²) in [5.41, 5.74) is -0.758. The van der Waals surface area contributed by atoms with Crippen molar-refractivity contribution in [1.82, 2.24) is 15.5 Å². The fourth-order valence-corrected chi connectivity index (χ4v) is 3.63. The molecule has 7 nitrogen and oxygen atoms in total. The molecule has 0 fully saturated rings. The van der Waals surface area contributed by atoms with Crippen molar-refractivity contribution < 1.29 is 19.1 Å². The van der Waals surface area contributed by atoms with Gasteiger partial charge < -0.3 is 20.3 Å². The van der Waals surface area contributed by atoms with Crippen LogP contribution in [0.25, 0.3) is 0 Å². The summed E-state index contributed by atoms with van der Waals surface area (Å²) in [5.74, 6) is -0.692. The van der Waals surface area contributed by atoms with E-state index in [2.05, 4.69) is 10.6 Å². The van der Waals surface area contributed by atoms with Crippen LogP contribution in [0.1, 0.15) is 75.2 Å². The van der Waals surface area contributed by atoms with E-state index in [0.29, 0.717) is 25.0 Å². The molecular formula is C24H45N3O4. The largest absolute Gasteiger partial charge is 0.463 e. The molecule has 0 heterocycles. The van der Waals surface area contributed by atoms with Gasteiger partial charge in [0.15, 0.2) is 0 Å². The highest BCUT2D eigenvalue weighted by molar-refractivity contribution is 5.93. The first kappa shape index (κ1) is 29.1. The normalized spacial score (nSPS) is 14.8. The topological polar surface area (TPSA) is 87.7 Å². The molecule has 0 aliphatic heterocycles. The summed E-state index contributed by atoms with van der Waals surface area (Å²) in [6.07, 6.45) is 3.00. The van der Waals surface area contributed by atoms with E-state index in [-0.39, 0.29) is 29.7 Å². The predicted octanol–water partition coefficient (Wildman–Crippen LogP) is 3.29. The van der Waals surface area contributed by atoms with Gasteiger partial charge in [-0.1, -0.05) is 54.5 Å². The number of carbonyl (C=O) groups is 3. The third-order valence-electron chi connectivity index (χ3n) is 6.00. The smallest absolute Gasteiger partial charge is 0.333 e. The first-order chi connectivity index (χ1) is 14.2. The number of ether oxygens (including phenoxy) is 1. The number of likely N-dealkylation sites (N-methyl/N-ethyl adjacent to an activating group) is 2. The second kappa shape index (κ2) is 12.2. The summed E-state index contributed by atoms with van der Waals surface area (Å²) < 4.78 is 5.08. The molecule has 0 aromatic rings. The van der Waals surface area contributed by atoms with Crippen LogP contribution in [0.2, 0.25) is 0 Å². The van der Waals surface area contributed by atoms with Crippen LogP contribution in [-0.4, -0.2) is 61.0 Å². The van der Waals surface area contributed by atoms with Gasteiger partial charge in [0, 0.05) is 12.6 Å². The van der Waals surface area contributed by atoms with Crippen molar-refractivity contribution in [3.8, 4) is 0 Å². The van der Waals surface area contributed by atoms with E-state index in [1.54, 1.807) is 38.9 Å². The Balaban J connectivity index is 5.97. The SMILES string of the molecule is CCOC(=O)/C(C)=C/[C@H](C(C)C)N(C)C(=O)C(NC(=O)C(CC)(CC)NC)C(C)(C)C. The number of rotatable bonds is 11. The molecule has 0 saturated carbocycles. The minimum Gasteiger partial charge on any atom is -0.463 e. The molecule has 0 radical (unpaired) electrons. The number of hydrogen-bond acceptors (Lipinski definition) is 5. The van der Waals surface area contributed by atoms with Crippen LogP contribution < -0.4 is 10.6 Å². The number of amides is 2. The average molecular weight is 440 g/mol. The van der Waals surface area contributed by atoms with E-state index in [9.17, 15) is 14.4 Å². The zero-order chi connectivity index (χ0) is 24.6. The fraction of sp³-hybridized carbons (Fsp3) is 0.792. The van der Waals surface area contributed by atoms with Crippen LogP contribution in [0, 0.1) is 11.3 Å². The molecule has 0 bridgehead atoms. The van der Waals surface area contributed by atoms with Crippen molar-refractivity contribution in [2.75, 3.05) is 20.7 Å². The second-order valence-corrected chi connectivity index (χ2v) is 9.57. The van der Waals surface area contributed by atoms with Gasteiger partial charge in [0.25, 0.3) is 0 Å². The molecule has 0 aliphatic carbocycles.